The summed E-state index contributed by atoms with van der Waals surface area (Å²) < 4.78 is 11.6. The number of nitrogens with zero attached hydrogens (tertiary/aromatic N) is 2. The molecule has 0 radical (unpaired) electrons. The summed E-state index contributed by atoms with van der Waals surface area (Å²) in [5.74, 6) is 1.04. The topological polar surface area (TPSA) is 88.2 Å². The number of piperidine rings is 1. The summed E-state index contributed by atoms with van der Waals surface area (Å²) in [6.45, 7) is 2.05. The highest BCUT2D eigenvalue weighted by molar-refractivity contribution is 5.95. The molecule has 5 rings (SSSR count). The molecule has 2 aromatic rings. The summed E-state index contributed by atoms with van der Waals surface area (Å²) in [6, 6.07) is 14.6. The molecule has 2 fully saturated rings. The normalized spacial score (nSPS) is 21.3. The molecule has 1 spiro atoms. The summed E-state index contributed by atoms with van der Waals surface area (Å²) in [4.78, 5) is 42.3. The number of benzene rings is 2. The Kier molecular flexibility index (Phi) is 5.89. The van der Waals surface area contributed by atoms with Crippen LogP contribution >= 0.6 is 0 Å². The van der Waals surface area contributed by atoms with Gasteiger partial charge in [0.1, 0.15) is 17.1 Å². The lowest BCUT2D eigenvalue weighted by molar-refractivity contribution is -0.139. The Balaban J connectivity index is 1.20. The van der Waals surface area contributed by atoms with Crippen molar-refractivity contribution in [1.29, 1.82) is 0 Å². The number of likely N-dealkylation sites (tertiary alicyclic amines) is 2. The average Bonchev–Trinajstić information content (AvgIpc) is 3.30. The Hall–Kier alpha value is -3.55. The molecular formula is C26H29N3O5. The molecule has 0 saturated carbocycles. The fourth-order valence-electron chi connectivity index (χ4n) is 5.17. The zero-order chi connectivity index (χ0) is 23.7. The van der Waals surface area contributed by atoms with Gasteiger partial charge in [0, 0.05) is 44.6 Å². The molecule has 8 nitrogen and oxygen atoms in total. The summed E-state index contributed by atoms with van der Waals surface area (Å²) in [5.41, 5.74) is 0.656. The van der Waals surface area contributed by atoms with E-state index in [1.807, 2.05) is 29.2 Å². The zero-order valence-corrected chi connectivity index (χ0v) is 19.3. The van der Waals surface area contributed by atoms with Crippen LogP contribution in [0.1, 0.15) is 36.0 Å². The summed E-state index contributed by atoms with van der Waals surface area (Å²) in [5, 5.41) is 2.92. The van der Waals surface area contributed by atoms with E-state index in [1.165, 1.54) is 0 Å². The van der Waals surface area contributed by atoms with Gasteiger partial charge >= 0.3 is 0 Å². The Morgan fingerprint density at radius 1 is 1.06 bits per heavy atom. The largest absolute Gasteiger partial charge is 0.497 e. The van der Waals surface area contributed by atoms with Crippen molar-refractivity contribution in [2.24, 2.45) is 5.92 Å². The fraction of sp³-hybridized carbons (Fsp3) is 0.423. The van der Waals surface area contributed by atoms with E-state index in [-0.39, 0.29) is 30.1 Å². The molecule has 3 aliphatic heterocycles. The maximum atomic E-state index is 13.3. The average molecular weight is 464 g/mol. The summed E-state index contributed by atoms with van der Waals surface area (Å²) in [7, 11) is 1.57. The van der Waals surface area contributed by atoms with E-state index in [0.29, 0.717) is 68.2 Å². The summed E-state index contributed by atoms with van der Waals surface area (Å²) in [6.07, 6.45) is 2.12. The minimum Gasteiger partial charge on any atom is -0.497 e. The van der Waals surface area contributed by atoms with Crippen molar-refractivity contribution in [2.45, 2.75) is 31.3 Å². The van der Waals surface area contributed by atoms with Gasteiger partial charge in [0.25, 0.3) is 5.91 Å². The van der Waals surface area contributed by atoms with Crippen LogP contribution in [0.15, 0.2) is 48.5 Å². The van der Waals surface area contributed by atoms with Crippen molar-refractivity contribution >= 4 is 23.4 Å². The van der Waals surface area contributed by atoms with Gasteiger partial charge in [0.05, 0.1) is 25.1 Å². The number of nitrogens with one attached hydrogen (secondary N) is 1. The van der Waals surface area contributed by atoms with E-state index in [4.69, 9.17) is 9.47 Å². The highest BCUT2D eigenvalue weighted by Crippen LogP contribution is 2.38. The van der Waals surface area contributed by atoms with Gasteiger partial charge in [-0.15, -0.1) is 0 Å². The van der Waals surface area contributed by atoms with Gasteiger partial charge in [-0.05, 0) is 36.8 Å². The number of hydrogen-bond donors (Lipinski definition) is 1. The first kappa shape index (κ1) is 22.3. The van der Waals surface area contributed by atoms with Gasteiger partial charge in [0.2, 0.25) is 11.8 Å². The number of anilines is 1. The summed E-state index contributed by atoms with van der Waals surface area (Å²) >= 11 is 0. The Bertz CT molecular complexity index is 1110. The van der Waals surface area contributed by atoms with Crippen LogP contribution in [-0.4, -0.2) is 66.4 Å². The molecule has 3 aliphatic rings. The third-order valence-electron chi connectivity index (χ3n) is 7.10. The smallest absolute Gasteiger partial charge is 0.254 e. The first-order valence-electron chi connectivity index (χ1n) is 11.8. The Morgan fingerprint density at radius 2 is 1.85 bits per heavy atom. The molecule has 0 aliphatic carbocycles. The van der Waals surface area contributed by atoms with E-state index in [9.17, 15) is 14.4 Å². The van der Waals surface area contributed by atoms with Crippen LogP contribution in [0.3, 0.4) is 0 Å². The quantitative estimate of drug-likeness (QED) is 0.756. The number of rotatable bonds is 3. The van der Waals surface area contributed by atoms with Crippen molar-refractivity contribution in [3.63, 3.8) is 0 Å². The SMILES string of the molecule is COc1cccc(C(=O)N2CCC(C(=O)N3CCC4(CC3)CC(=O)Nc3ccccc3O4)C2)c1. The standard InChI is InChI=1S/C26H29N3O5/c1-33-20-6-4-5-18(15-20)24(31)29-12-9-19(17-29)25(32)28-13-10-26(11-14-28)16-23(30)27-21-7-2-3-8-22(21)34-26/h2-8,15,19H,9-14,16-17H2,1H3,(H,27,30). The van der Waals surface area contributed by atoms with Gasteiger partial charge in [-0.25, -0.2) is 0 Å². The molecule has 178 valence electrons. The van der Waals surface area contributed by atoms with Crippen LogP contribution in [0.25, 0.3) is 0 Å². The number of fused-ring (bicyclic) bond motifs is 1. The third kappa shape index (κ3) is 4.32. The second kappa shape index (κ2) is 9.00. The third-order valence-corrected chi connectivity index (χ3v) is 7.10. The first-order chi connectivity index (χ1) is 16.5. The predicted octanol–water partition coefficient (Wildman–Crippen LogP) is 2.94. The lowest BCUT2D eigenvalue weighted by Gasteiger charge is -2.41. The van der Waals surface area contributed by atoms with E-state index >= 15 is 0 Å². The van der Waals surface area contributed by atoms with E-state index in [1.54, 1.807) is 36.3 Å². The molecule has 0 bridgehead atoms. The maximum Gasteiger partial charge on any atom is 0.254 e. The molecule has 3 amide bonds. The van der Waals surface area contributed by atoms with E-state index in [2.05, 4.69) is 5.32 Å². The highest BCUT2D eigenvalue weighted by atomic mass is 16.5. The highest BCUT2D eigenvalue weighted by Gasteiger charge is 2.43. The second-order valence-corrected chi connectivity index (χ2v) is 9.30. The van der Waals surface area contributed by atoms with E-state index < -0.39 is 5.60 Å². The van der Waals surface area contributed by atoms with Gasteiger partial charge in [0.15, 0.2) is 0 Å². The monoisotopic (exact) mass is 463 g/mol. The molecule has 3 heterocycles. The van der Waals surface area contributed by atoms with Crippen LogP contribution in [0.2, 0.25) is 0 Å². The predicted molar refractivity (Wildman–Crippen MR) is 126 cm³/mol. The number of carbonyl (C=O) groups excluding carboxylic acids is 3. The van der Waals surface area contributed by atoms with Crippen molar-refractivity contribution in [1.82, 2.24) is 9.80 Å². The first-order valence-corrected chi connectivity index (χ1v) is 11.8. The zero-order valence-electron chi connectivity index (χ0n) is 19.3. The molecule has 8 heteroatoms. The molecule has 2 saturated heterocycles. The Labute approximate surface area is 198 Å². The lowest BCUT2D eigenvalue weighted by atomic mass is 9.87. The molecule has 2 aromatic carbocycles. The van der Waals surface area contributed by atoms with Crippen molar-refractivity contribution in [3.05, 3.63) is 54.1 Å². The van der Waals surface area contributed by atoms with Crippen molar-refractivity contribution < 1.29 is 23.9 Å². The molecular weight excluding hydrogens is 434 g/mol. The second-order valence-electron chi connectivity index (χ2n) is 9.30. The number of ether oxygens (including phenoxy) is 2. The van der Waals surface area contributed by atoms with Gasteiger partial charge in [-0.1, -0.05) is 18.2 Å². The lowest BCUT2D eigenvalue weighted by Crippen LogP contribution is -2.52. The molecule has 34 heavy (non-hydrogen) atoms. The van der Waals surface area contributed by atoms with Crippen LogP contribution < -0.4 is 14.8 Å². The molecule has 0 aromatic heterocycles. The number of carbonyl (C=O) groups is 3. The fourth-order valence-corrected chi connectivity index (χ4v) is 5.17. The van der Waals surface area contributed by atoms with Crippen molar-refractivity contribution in [3.8, 4) is 11.5 Å². The number of para-hydroxylation sites is 2. The number of methoxy groups -OCH3 is 1. The van der Waals surface area contributed by atoms with Gasteiger partial charge < -0.3 is 24.6 Å². The minimum atomic E-state index is -0.600. The number of hydrogen-bond acceptors (Lipinski definition) is 5. The minimum absolute atomic E-state index is 0.0628. The van der Waals surface area contributed by atoms with Crippen molar-refractivity contribution in [2.75, 3.05) is 38.6 Å². The van der Waals surface area contributed by atoms with Crippen LogP contribution in [0.4, 0.5) is 5.69 Å². The van der Waals surface area contributed by atoms with Crippen LogP contribution in [-0.2, 0) is 9.59 Å². The van der Waals surface area contributed by atoms with Gasteiger partial charge in [-0.3, -0.25) is 14.4 Å². The number of amides is 3. The Morgan fingerprint density at radius 3 is 2.65 bits per heavy atom. The van der Waals surface area contributed by atoms with Gasteiger partial charge in [-0.2, -0.15) is 0 Å². The molecule has 1 N–H and O–H groups in total. The molecule has 1 atom stereocenters. The van der Waals surface area contributed by atoms with Crippen LogP contribution in [0, 0.1) is 5.92 Å². The molecule has 1 unspecified atom stereocenters. The maximum absolute atomic E-state index is 13.3. The van der Waals surface area contributed by atoms with Crippen LogP contribution in [0.5, 0.6) is 11.5 Å². The van der Waals surface area contributed by atoms with E-state index in [0.717, 1.165) is 0 Å².